The Balaban J connectivity index is 1.88. The van der Waals surface area contributed by atoms with E-state index in [0.717, 1.165) is 0 Å². The number of halogens is 6. The molecule has 3 aromatic rings. The van der Waals surface area contributed by atoms with Crippen LogP contribution in [0, 0.1) is 6.92 Å². The van der Waals surface area contributed by atoms with Crippen LogP contribution in [0.4, 0.5) is 42.9 Å². The highest BCUT2D eigenvalue weighted by molar-refractivity contribution is 5.89. The molecule has 0 spiro atoms. The van der Waals surface area contributed by atoms with Gasteiger partial charge in [-0.1, -0.05) is 6.92 Å². The van der Waals surface area contributed by atoms with Crippen LogP contribution in [-0.2, 0) is 35.5 Å². The van der Waals surface area contributed by atoms with Gasteiger partial charge in [-0.25, -0.2) is 9.78 Å². The summed E-state index contributed by atoms with van der Waals surface area (Å²) in [4.78, 5) is 35.7. The second-order valence-electron chi connectivity index (χ2n) is 10.9. The minimum absolute atomic E-state index is 0.0181. The predicted molar refractivity (Wildman–Crippen MR) is 156 cm³/mol. The highest BCUT2D eigenvalue weighted by Crippen LogP contribution is 2.45. The molecule has 17 heteroatoms. The van der Waals surface area contributed by atoms with Crippen LogP contribution in [0.25, 0.3) is 0 Å². The first-order chi connectivity index (χ1) is 22.0. The van der Waals surface area contributed by atoms with Crippen LogP contribution in [0.15, 0.2) is 30.5 Å². The van der Waals surface area contributed by atoms with E-state index in [4.69, 9.17) is 14.6 Å². The smallest absolute Gasteiger partial charge is 0.416 e. The number of rotatable bonds is 11. The lowest BCUT2D eigenvalue weighted by atomic mass is 9.90. The number of aryl methyl sites for hydroxylation is 2. The highest BCUT2D eigenvalue weighted by Gasteiger charge is 2.44. The summed E-state index contributed by atoms with van der Waals surface area (Å²) >= 11 is 0. The van der Waals surface area contributed by atoms with Gasteiger partial charge in [-0.15, -0.1) is 0 Å². The van der Waals surface area contributed by atoms with Gasteiger partial charge in [0.15, 0.2) is 0 Å². The van der Waals surface area contributed by atoms with E-state index in [1.807, 2.05) is 6.92 Å². The number of ether oxygens (including phenoxy) is 2. The Morgan fingerprint density at radius 2 is 1.74 bits per heavy atom. The molecule has 0 fully saturated rings. The van der Waals surface area contributed by atoms with Crippen LogP contribution in [0.5, 0.6) is 5.88 Å². The molecule has 11 nitrogen and oxygen atoms in total. The Kier molecular flexibility index (Phi) is 10.5. The molecule has 1 aliphatic heterocycles. The average Bonchev–Trinajstić information content (AvgIpc) is 3.29. The van der Waals surface area contributed by atoms with Crippen molar-refractivity contribution in [1.82, 2.24) is 19.7 Å². The van der Waals surface area contributed by atoms with Crippen LogP contribution in [-0.4, -0.2) is 56.2 Å². The first-order valence-electron chi connectivity index (χ1n) is 14.8. The van der Waals surface area contributed by atoms with Gasteiger partial charge in [0.1, 0.15) is 5.82 Å². The van der Waals surface area contributed by atoms with E-state index in [2.05, 4.69) is 15.1 Å². The number of hydrogen-bond donors (Lipinski definition) is 1. The fourth-order valence-electron chi connectivity index (χ4n) is 5.63. The minimum Gasteiger partial charge on any atom is -0.481 e. The van der Waals surface area contributed by atoms with E-state index >= 15 is 0 Å². The third-order valence-corrected chi connectivity index (χ3v) is 7.63. The van der Waals surface area contributed by atoms with Gasteiger partial charge in [0, 0.05) is 43.9 Å². The maximum Gasteiger partial charge on any atom is 0.416 e. The van der Waals surface area contributed by atoms with Crippen LogP contribution >= 0.6 is 0 Å². The largest absolute Gasteiger partial charge is 0.481 e. The lowest BCUT2D eigenvalue weighted by molar-refractivity contribution is -0.143. The van der Waals surface area contributed by atoms with Gasteiger partial charge in [0.25, 0.3) is 0 Å². The van der Waals surface area contributed by atoms with Crippen molar-refractivity contribution in [1.29, 1.82) is 0 Å². The number of carbonyl (C=O) groups is 2. The number of aromatic nitrogens is 4. The third-order valence-electron chi connectivity index (χ3n) is 7.63. The number of hydrogen-bond acceptors (Lipinski definition) is 8. The Morgan fingerprint density at radius 3 is 2.32 bits per heavy atom. The van der Waals surface area contributed by atoms with Gasteiger partial charge in [-0.05, 0) is 56.9 Å². The van der Waals surface area contributed by atoms with Crippen LogP contribution < -0.4 is 14.5 Å². The standard InChI is InChI=1S/C30H34F6N6O5/c1-5-21-15-22(25-17(3)39-40(4)26(25)42(21)28(45)46-6-2)41(27-37-10-9-23(38-27)47-11-7-8-24(43)44)16-18-12-19(29(31,32)33)14-20(13-18)30(34,35)36/h9-10,12-14,21-22H,5-8,11,15-16H2,1-4H3,(H,43,44). The number of anilines is 2. The summed E-state index contributed by atoms with van der Waals surface area (Å²) < 4.78 is 95.3. The molecular formula is C30H34F6N6O5. The molecule has 47 heavy (non-hydrogen) atoms. The number of amides is 1. The zero-order chi connectivity index (χ0) is 34.7. The molecule has 1 amide bonds. The monoisotopic (exact) mass is 672 g/mol. The maximum absolute atomic E-state index is 13.8. The number of carboxylic acid groups (broad SMARTS) is 1. The molecule has 2 atom stereocenters. The Morgan fingerprint density at radius 1 is 1.09 bits per heavy atom. The minimum atomic E-state index is -5.06. The highest BCUT2D eigenvalue weighted by atomic mass is 19.4. The van der Waals surface area contributed by atoms with Crippen molar-refractivity contribution in [2.45, 2.75) is 77.4 Å². The average molecular weight is 673 g/mol. The molecule has 0 aliphatic carbocycles. The molecule has 3 heterocycles. The second kappa shape index (κ2) is 14.0. The van der Waals surface area contributed by atoms with E-state index in [-0.39, 0.29) is 55.9 Å². The number of benzene rings is 1. The predicted octanol–water partition coefficient (Wildman–Crippen LogP) is 6.69. The van der Waals surface area contributed by atoms with E-state index in [1.165, 1.54) is 26.7 Å². The van der Waals surface area contributed by atoms with Crippen molar-refractivity contribution in [3.8, 4) is 5.88 Å². The normalized spacial score (nSPS) is 16.5. The van der Waals surface area contributed by atoms with Crippen molar-refractivity contribution in [3.63, 3.8) is 0 Å². The van der Waals surface area contributed by atoms with E-state index in [1.54, 1.807) is 20.9 Å². The molecule has 2 unspecified atom stereocenters. The maximum atomic E-state index is 13.8. The number of carbonyl (C=O) groups excluding carboxylic acids is 1. The molecule has 0 radical (unpaired) electrons. The fourth-order valence-corrected chi connectivity index (χ4v) is 5.63. The SMILES string of the molecule is CCOC(=O)N1c2c(c(C)nn2C)C(N(Cc2cc(C(F)(F)F)cc(C(F)(F)F)c2)c2nccc(OCCCC(=O)O)n2)CC1CC. The second-order valence-corrected chi connectivity index (χ2v) is 10.9. The number of fused-ring (bicyclic) bond motifs is 1. The number of alkyl halides is 6. The number of nitrogens with zero attached hydrogens (tertiary/aromatic N) is 6. The first kappa shape index (κ1) is 35.3. The lowest BCUT2D eigenvalue weighted by Crippen LogP contribution is -2.48. The fraction of sp³-hybridized carbons (Fsp3) is 0.500. The zero-order valence-corrected chi connectivity index (χ0v) is 26.0. The van der Waals surface area contributed by atoms with Gasteiger partial charge in [0.2, 0.25) is 11.8 Å². The van der Waals surface area contributed by atoms with E-state index in [0.29, 0.717) is 35.6 Å². The summed E-state index contributed by atoms with van der Waals surface area (Å²) in [6, 6.07) is 1.47. The summed E-state index contributed by atoms with van der Waals surface area (Å²) in [5.41, 5.74) is -2.30. The molecule has 2 aromatic heterocycles. The Hall–Kier alpha value is -4.57. The van der Waals surface area contributed by atoms with Crippen LogP contribution in [0.3, 0.4) is 0 Å². The van der Waals surface area contributed by atoms with Gasteiger partial charge in [-0.2, -0.15) is 36.4 Å². The van der Waals surface area contributed by atoms with Crippen LogP contribution in [0.2, 0.25) is 0 Å². The molecule has 256 valence electrons. The van der Waals surface area contributed by atoms with Gasteiger partial charge in [0.05, 0.1) is 36.1 Å². The van der Waals surface area contributed by atoms with E-state index in [9.17, 15) is 35.9 Å². The Labute approximate surface area is 266 Å². The third kappa shape index (κ3) is 8.05. The van der Waals surface area contributed by atoms with Crippen molar-refractivity contribution in [2.24, 2.45) is 7.05 Å². The summed E-state index contributed by atoms with van der Waals surface area (Å²) in [5, 5.41) is 13.4. The molecule has 0 bridgehead atoms. The quantitative estimate of drug-likeness (QED) is 0.175. The summed E-state index contributed by atoms with van der Waals surface area (Å²) in [5.74, 6) is -0.727. The Bertz CT molecular complexity index is 1560. The van der Waals surface area contributed by atoms with Gasteiger partial charge < -0.3 is 19.5 Å². The number of carboxylic acids is 1. The van der Waals surface area contributed by atoms with Gasteiger partial charge >= 0.3 is 24.4 Å². The van der Waals surface area contributed by atoms with Crippen molar-refractivity contribution < 1.29 is 50.5 Å². The summed E-state index contributed by atoms with van der Waals surface area (Å²) in [6.07, 6.45) is -8.85. The molecule has 0 saturated heterocycles. The summed E-state index contributed by atoms with van der Waals surface area (Å²) in [7, 11) is 1.61. The van der Waals surface area contributed by atoms with Crippen LogP contribution in [0.1, 0.15) is 73.5 Å². The molecule has 4 rings (SSSR count). The topological polar surface area (TPSA) is 123 Å². The molecule has 1 N–H and O–H groups in total. The lowest BCUT2D eigenvalue weighted by Gasteiger charge is -2.42. The van der Waals surface area contributed by atoms with Crippen molar-refractivity contribution in [3.05, 3.63) is 58.4 Å². The molecular weight excluding hydrogens is 638 g/mol. The van der Waals surface area contributed by atoms with E-state index < -0.39 is 54.2 Å². The van der Waals surface area contributed by atoms with Crippen molar-refractivity contribution >= 4 is 23.8 Å². The van der Waals surface area contributed by atoms with Gasteiger partial charge in [-0.3, -0.25) is 14.4 Å². The first-order valence-corrected chi connectivity index (χ1v) is 14.8. The molecule has 1 aliphatic rings. The van der Waals surface area contributed by atoms with Crippen molar-refractivity contribution in [2.75, 3.05) is 23.0 Å². The summed E-state index contributed by atoms with van der Waals surface area (Å²) in [6.45, 7) is 4.74. The molecule has 0 saturated carbocycles. The number of aliphatic carboxylic acids is 1. The molecule has 1 aromatic carbocycles. The zero-order valence-electron chi connectivity index (χ0n) is 26.0.